The average Bonchev–Trinajstić information content (AvgIpc) is 2.32. The van der Waals surface area contributed by atoms with E-state index in [0.717, 1.165) is 28.6 Å². The van der Waals surface area contributed by atoms with E-state index in [2.05, 4.69) is 35.6 Å². The molecule has 0 saturated carbocycles. The summed E-state index contributed by atoms with van der Waals surface area (Å²) in [5.74, 6) is 0. The molecule has 0 radical (unpaired) electrons. The number of nitrogens with zero attached hydrogens (tertiary/aromatic N) is 2. The number of hydrogen-bond acceptors (Lipinski definition) is 2. The number of aliphatic imine (C=N–C) groups is 1. The monoisotopic (exact) mass is 210 g/mol. The van der Waals surface area contributed by atoms with Gasteiger partial charge >= 0.3 is 0 Å². The molecule has 2 heteroatoms. The van der Waals surface area contributed by atoms with E-state index in [0.29, 0.717) is 0 Å². The van der Waals surface area contributed by atoms with Gasteiger partial charge in [-0.3, -0.25) is 9.98 Å². The van der Waals surface area contributed by atoms with Crippen LogP contribution in [0.5, 0.6) is 0 Å². The zero-order chi connectivity index (χ0) is 11.4. The Bertz CT molecular complexity index is 541. The third-order valence-electron chi connectivity index (χ3n) is 2.44. The van der Waals surface area contributed by atoms with Crippen molar-refractivity contribution < 1.29 is 0 Å². The summed E-state index contributed by atoms with van der Waals surface area (Å²) in [6, 6.07) is 8.14. The number of aromatic nitrogens is 1. The number of hydrogen-bond donors (Lipinski definition) is 0. The van der Waals surface area contributed by atoms with Crippen molar-refractivity contribution in [2.24, 2.45) is 4.99 Å². The molecule has 1 aromatic heterocycles. The van der Waals surface area contributed by atoms with Crippen LogP contribution in [-0.2, 0) is 0 Å². The van der Waals surface area contributed by atoms with Gasteiger partial charge in [0.25, 0.3) is 0 Å². The molecule has 0 saturated heterocycles. The number of pyridine rings is 1. The van der Waals surface area contributed by atoms with Gasteiger partial charge in [0.2, 0.25) is 0 Å². The Morgan fingerprint density at radius 2 is 2.25 bits per heavy atom. The van der Waals surface area contributed by atoms with E-state index in [1.54, 1.807) is 6.20 Å². The second-order valence-corrected chi connectivity index (χ2v) is 3.64. The van der Waals surface area contributed by atoms with Crippen LogP contribution in [0.1, 0.15) is 12.0 Å². The summed E-state index contributed by atoms with van der Waals surface area (Å²) in [5.41, 5.74) is 3.06. The number of benzene rings is 1. The van der Waals surface area contributed by atoms with E-state index in [1.807, 2.05) is 24.4 Å². The molecule has 16 heavy (non-hydrogen) atoms. The van der Waals surface area contributed by atoms with Crippen LogP contribution in [0.2, 0.25) is 0 Å². The lowest BCUT2D eigenvalue weighted by Gasteiger charge is -2.04. The zero-order valence-electron chi connectivity index (χ0n) is 9.35. The summed E-state index contributed by atoms with van der Waals surface area (Å²) < 4.78 is 0. The van der Waals surface area contributed by atoms with Gasteiger partial charge in [-0.05, 0) is 18.6 Å². The van der Waals surface area contributed by atoms with E-state index < -0.39 is 0 Å². The maximum absolute atomic E-state index is 4.46. The van der Waals surface area contributed by atoms with Crippen molar-refractivity contribution in [1.29, 1.82) is 0 Å². The van der Waals surface area contributed by atoms with Crippen LogP contribution in [0.3, 0.4) is 0 Å². The molecule has 1 aromatic carbocycles. The number of rotatable bonds is 3. The molecule has 0 spiro atoms. The molecular formula is C14H14N2. The van der Waals surface area contributed by atoms with Gasteiger partial charge in [-0.1, -0.05) is 24.3 Å². The Morgan fingerprint density at radius 1 is 1.38 bits per heavy atom. The van der Waals surface area contributed by atoms with Crippen LogP contribution in [-0.4, -0.2) is 11.2 Å². The highest BCUT2D eigenvalue weighted by Crippen LogP contribution is 2.27. The van der Waals surface area contributed by atoms with Crippen molar-refractivity contribution >= 4 is 22.8 Å². The summed E-state index contributed by atoms with van der Waals surface area (Å²) in [7, 11) is 0. The van der Waals surface area contributed by atoms with Crippen LogP contribution in [0.4, 0.5) is 5.69 Å². The van der Waals surface area contributed by atoms with E-state index in [1.165, 1.54) is 0 Å². The minimum atomic E-state index is 0.780. The Labute approximate surface area is 95.4 Å². The van der Waals surface area contributed by atoms with Crippen molar-refractivity contribution in [3.8, 4) is 0 Å². The van der Waals surface area contributed by atoms with Gasteiger partial charge in [0.1, 0.15) is 0 Å². The second-order valence-electron chi connectivity index (χ2n) is 3.64. The Morgan fingerprint density at radius 3 is 3.06 bits per heavy atom. The maximum Gasteiger partial charge on any atom is 0.0960 e. The Balaban J connectivity index is 2.56. The quantitative estimate of drug-likeness (QED) is 0.558. The molecule has 0 unspecified atom stereocenters. The number of aryl methyl sites for hydroxylation is 1. The molecule has 0 aliphatic rings. The van der Waals surface area contributed by atoms with Crippen molar-refractivity contribution in [2.75, 3.05) is 0 Å². The average molecular weight is 210 g/mol. The molecule has 1 heterocycles. The van der Waals surface area contributed by atoms with Crippen LogP contribution in [0.25, 0.3) is 10.9 Å². The fourth-order valence-electron chi connectivity index (χ4n) is 1.61. The highest BCUT2D eigenvalue weighted by atomic mass is 14.8. The van der Waals surface area contributed by atoms with Gasteiger partial charge in [0, 0.05) is 24.2 Å². The molecule has 0 bridgehead atoms. The molecular weight excluding hydrogens is 196 g/mol. The Hall–Kier alpha value is -1.96. The third kappa shape index (κ3) is 2.01. The van der Waals surface area contributed by atoms with Crippen molar-refractivity contribution in [3.63, 3.8) is 0 Å². The number of allylic oxidation sites excluding steroid dienone is 1. The molecule has 0 amide bonds. The lowest BCUT2D eigenvalue weighted by atomic mass is 10.1. The normalized spacial score (nSPS) is 11.1. The predicted octanol–water partition coefficient (Wildman–Crippen LogP) is 3.82. The lowest BCUT2D eigenvalue weighted by molar-refractivity contribution is 1.35. The van der Waals surface area contributed by atoms with Crippen LogP contribution < -0.4 is 0 Å². The fraction of sp³-hybridized carbons (Fsp3) is 0.143. The molecule has 0 N–H and O–H groups in total. The van der Waals surface area contributed by atoms with Gasteiger partial charge in [-0.25, -0.2) is 0 Å². The first-order valence-electron chi connectivity index (χ1n) is 5.30. The lowest BCUT2D eigenvalue weighted by Crippen LogP contribution is -1.83. The minimum Gasteiger partial charge on any atom is -0.258 e. The van der Waals surface area contributed by atoms with Crippen molar-refractivity contribution in [3.05, 3.63) is 48.7 Å². The topological polar surface area (TPSA) is 25.2 Å². The zero-order valence-corrected chi connectivity index (χ0v) is 9.35. The van der Waals surface area contributed by atoms with E-state index in [-0.39, 0.29) is 0 Å². The smallest absolute Gasteiger partial charge is 0.0960 e. The van der Waals surface area contributed by atoms with Crippen molar-refractivity contribution in [1.82, 2.24) is 4.98 Å². The highest BCUT2D eigenvalue weighted by molar-refractivity contribution is 5.91. The fourth-order valence-corrected chi connectivity index (χ4v) is 1.61. The standard InChI is InChI=1S/C14H14N2/c1-3-4-9-15-13-11(2)7-8-12-6-5-10-16-14(12)13/h3,5-10H,1,4H2,2H3. The van der Waals surface area contributed by atoms with E-state index in [9.17, 15) is 0 Å². The summed E-state index contributed by atoms with van der Waals surface area (Å²) >= 11 is 0. The minimum absolute atomic E-state index is 0.780. The maximum atomic E-state index is 4.46. The van der Waals surface area contributed by atoms with E-state index >= 15 is 0 Å². The first-order valence-corrected chi connectivity index (χ1v) is 5.30. The van der Waals surface area contributed by atoms with E-state index in [4.69, 9.17) is 0 Å². The molecule has 0 aliphatic carbocycles. The molecule has 80 valence electrons. The SMILES string of the molecule is C=CCC=Nc1c(C)ccc2cccnc12. The van der Waals surface area contributed by atoms with Gasteiger partial charge in [-0.2, -0.15) is 0 Å². The summed E-state index contributed by atoms with van der Waals surface area (Å²) in [6.45, 7) is 5.72. The van der Waals surface area contributed by atoms with Gasteiger partial charge in [0.05, 0.1) is 11.2 Å². The van der Waals surface area contributed by atoms with Crippen LogP contribution in [0.15, 0.2) is 48.1 Å². The second kappa shape index (κ2) is 4.71. The van der Waals surface area contributed by atoms with Crippen molar-refractivity contribution in [2.45, 2.75) is 13.3 Å². The largest absolute Gasteiger partial charge is 0.258 e. The van der Waals surface area contributed by atoms with Crippen LogP contribution in [0, 0.1) is 6.92 Å². The van der Waals surface area contributed by atoms with Crippen LogP contribution >= 0.6 is 0 Å². The Kier molecular flexibility index (Phi) is 3.10. The summed E-state index contributed by atoms with van der Waals surface area (Å²) in [6.07, 6.45) is 6.28. The predicted molar refractivity (Wildman–Crippen MR) is 69.4 cm³/mol. The number of fused-ring (bicyclic) bond motifs is 1. The van der Waals surface area contributed by atoms with Gasteiger partial charge in [0.15, 0.2) is 0 Å². The first-order chi connectivity index (χ1) is 7.83. The summed E-state index contributed by atoms with van der Waals surface area (Å²) in [5, 5.41) is 1.12. The first kappa shape index (κ1) is 10.6. The molecule has 2 rings (SSSR count). The molecule has 0 fully saturated rings. The molecule has 0 atom stereocenters. The molecule has 2 aromatic rings. The van der Waals surface area contributed by atoms with Gasteiger partial charge < -0.3 is 0 Å². The van der Waals surface area contributed by atoms with Gasteiger partial charge in [-0.15, -0.1) is 6.58 Å². The molecule has 2 nitrogen and oxygen atoms in total. The molecule has 0 aliphatic heterocycles. The summed E-state index contributed by atoms with van der Waals surface area (Å²) in [4.78, 5) is 8.85. The third-order valence-corrected chi connectivity index (χ3v) is 2.44. The highest BCUT2D eigenvalue weighted by Gasteiger charge is 2.03.